The molecule has 0 saturated carbocycles. The number of rotatable bonds is 5. The Labute approximate surface area is 129 Å². The fraction of sp³-hybridized carbons (Fsp3) is 0.294. The van der Waals surface area contributed by atoms with Gasteiger partial charge >= 0.3 is 0 Å². The van der Waals surface area contributed by atoms with Crippen LogP contribution in [0, 0.1) is 6.92 Å². The second kappa shape index (κ2) is 6.91. The quantitative estimate of drug-likeness (QED) is 0.899. The fourth-order valence-electron chi connectivity index (χ4n) is 2.23. The van der Waals surface area contributed by atoms with Gasteiger partial charge in [0.15, 0.2) is 0 Å². The average molecular weight is 333 g/mol. The highest BCUT2D eigenvalue weighted by atomic mass is 79.9. The fourth-order valence-corrected chi connectivity index (χ4v) is 2.96. The van der Waals surface area contributed by atoms with Gasteiger partial charge in [0.05, 0.1) is 5.69 Å². The Kier molecular flexibility index (Phi) is 5.21. The zero-order valence-electron chi connectivity index (χ0n) is 12.1. The summed E-state index contributed by atoms with van der Waals surface area (Å²) in [5, 5.41) is 0. The number of hydrogen-bond donors (Lipinski definition) is 1. The summed E-state index contributed by atoms with van der Waals surface area (Å²) in [4.78, 5) is 2.25. The Hall–Kier alpha value is -1.32. The Morgan fingerprint density at radius 3 is 2.30 bits per heavy atom. The summed E-state index contributed by atoms with van der Waals surface area (Å²) in [6.07, 6.45) is 0.917. The minimum absolute atomic E-state index is 0.686. The molecule has 0 fully saturated rings. The molecule has 20 heavy (non-hydrogen) atoms. The molecule has 2 aromatic rings. The van der Waals surface area contributed by atoms with E-state index in [1.807, 2.05) is 0 Å². The van der Waals surface area contributed by atoms with Crippen LogP contribution in [-0.2, 0) is 13.0 Å². The van der Waals surface area contributed by atoms with Crippen LogP contribution < -0.4 is 10.6 Å². The minimum Gasteiger partial charge on any atom is -0.369 e. The van der Waals surface area contributed by atoms with E-state index >= 15 is 0 Å². The number of anilines is 1. The van der Waals surface area contributed by atoms with Crippen molar-refractivity contribution in [1.82, 2.24) is 0 Å². The van der Waals surface area contributed by atoms with Crippen LogP contribution in [0.15, 0.2) is 46.9 Å². The summed E-state index contributed by atoms with van der Waals surface area (Å²) in [6, 6.07) is 15.1. The average Bonchev–Trinajstić information content (AvgIpc) is 2.42. The molecule has 0 aliphatic heterocycles. The maximum absolute atomic E-state index is 5.60. The van der Waals surface area contributed by atoms with Crippen molar-refractivity contribution in [3.8, 4) is 0 Å². The van der Waals surface area contributed by atoms with E-state index in [1.54, 1.807) is 0 Å². The highest BCUT2D eigenvalue weighted by Gasteiger charge is 2.07. The van der Waals surface area contributed by atoms with Crippen LogP contribution in [0.2, 0.25) is 0 Å². The third kappa shape index (κ3) is 3.84. The lowest BCUT2D eigenvalue weighted by Crippen LogP contribution is -2.17. The van der Waals surface area contributed by atoms with Gasteiger partial charge in [-0.25, -0.2) is 0 Å². The van der Waals surface area contributed by atoms with Gasteiger partial charge in [0, 0.05) is 18.1 Å². The molecule has 106 valence electrons. The molecule has 0 spiro atoms. The molecular weight excluding hydrogens is 312 g/mol. The lowest BCUT2D eigenvalue weighted by molar-refractivity contribution is 0.914. The first-order chi connectivity index (χ1) is 9.60. The van der Waals surface area contributed by atoms with Crippen LogP contribution in [0.5, 0.6) is 0 Å². The molecule has 0 aliphatic rings. The molecule has 0 radical (unpaired) electrons. The largest absolute Gasteiger partial charge is 0.369 e. The molecule has 0 bridgehead atoms. The molecule has 0 saturated heterocycles. The van der Waals surface area contributed by atoms with Gasteiger partial charge in [0.2, 0.25) is 0 Å². The van der Waals surface area contributed by atoms with Crippen molar-refractivity contribution >= 4 is 21.6 Å². The van der Waals surface area contributed by atoms with Crippen molar-refractivity contribution in [3.05, 3.63) is 63.6 Å². The SMILES string of the molecule is Cc1ccc(CN(C)c2ccc(CCN)cc2Br)cc1. The number of halogens is 1. The highest BCUT2D eigenvalue weighted by Crippen LogP contribution is 2.27. The Bertz CT molecular complexity index is 564. The van der Waals surface area contributed by atoms with Gasteiger partial charge in [-0.15, -0.1) is 0 Å². The summed E-state index contributed by atoms with van der Waals surface area (Å²) in [6.45, 7) is 3.69. The van der Waals surface area contributed by atoms with E-state index in [9.17, 15) is 0 Å². The van der Waals surface area contributed by atoms with Crippen molar-refractivity contribution in [3.63, 3.8) is 0 Å². The zero-order valence-corrected chi connectivity index (χ0v) is 13.7. The van der Waals surface area contributed by atoms with Gasteiger partial charge in [-0.1, -0.05) is 35.9 Å². The smallest absolute Gasteiger partial charge is 0.0511 e. The van der Waals surface area contributed by atoms with E-state index in [4.69, 9.17) is 5.73 Å². The predicted octanol–water partition coefficient (Wildman–Crippen LogP) is 3.90. The van der Waals surface area contributed by atoms with E-state index < -0.39 is 0 Å². The molecule has 0 unspecified atom stereocenters. The normalized spacial score (nSPS) is 10.6. The zero-order chi connectivity index (χ0) is 14.5. The predicted molar refractivity (Wildman–Crippen MR) is 90.2 cm³/mol. The molecular formula is C17H21BrN2. The molecule has 2 nitrogen and oxygen atoms in total. The molecule has 0 amide bonds. The first kappa shape index (κ1) is 15.1. The standard InChI is InChI=1S/C17H21BrN2/c1-13-3-5-15(6-4-13)12-20(2)17-8-7-14(9-10-19)11-16(17)18/h3-8,11H,9-10,12,19H2,1-2H3. The van der Waals surface area contributed by atoms with Crippen molar-refractivity contribution in [2.45, 2.75) is 19.9 Å². The Morgan fingerprint density at radius 2 is 1.70 bits per heavy atom. The van der Waals surface area contributed by atoms with Crippen molar-refractivity contribution in [2.24, 2.45) is 5.73 Å². The second-order valence-electron chi connectivity index (χ2n) is 5.17. The van der Waals surface area contributed by atoms with Crippen LogP contribution in [0.3, 0.4) is 0 Å². The highest BCUT2D eigenvalue weighted by molar-refractivity contribution is 9.10. The molecule has 0 aliphatic carbocycles. The molecule has 0 heterocycles. The Morgan fingerprint density at radius 1 is 1.05 bits per heavy atom. The Balaban J connectivity index is 2.12. The summed E-state index contributed by atoms with van der Waals surface area (Å²) >= 11 is 3.66. The lowest BCUT2D eigenvalue weighted by Gasteiger charge is -2.21. The third-order valence-corrected chi connectivity index (χ3v) is 4.03. The van der Waals surface area contributed by atoms with Gasteiger partial charge in [0.25, 0.3) is 0 Å². The van der Waals surface area contributed by atoms with Gasteiger partial charge in [0.1, 0.15) is 0 Å². The molecule has 2 aromatic carbocycles. The summed E-state index contributed by atoms with van der Waals surface area (Å²) in [5.74, 6) is 0. The van der Waals surface area contributed by atoms with Gasteiger partial charge in [-0.3, -0.25) is 0 Å². The van der Waals surface area contributed by atoms with Gasteiger partial charge in [-0.2, -0.15) is 0 Å². The topological polar surface area (TPSA) is 29.3 Å². The van der Waals surface area contributed by atoms with Crippen LogP contribution in [0.25, 0.3) is 0 Å². The molecule has 2 N–H and O–H groups in total. The number of hydrogen-bond acceptors (Lipinski definition) is 2. The molecule has 2 rings (SSSR count). The summed E-state index contributed by atoms with van der Waals surface area (Å²) in [7, 11) is 2.11. The van der Waals surface area contributed by atoms with Crippen molar-refractivity contribution in [1.29, 1.82) is 0 Å². The molecule has 0 aromatic heterocycles. The van der Waals surface area contributed by atoms with E-state index in [2.05, 4.69) is 77.3 Å². The summed E-state index contributed by atoms with van der Waals surface area (Å²) < 4.78 is 1.12. The maximum Gasteiger partial charge on any atom is 0.0511 e. The molecule has 0 atom stereocenters. The monoisotopic (exact) mass is 332 g/mol. The second-order valence-corrected chi connectivity index (χ2v) is 6.02. The van der Waals surface area contributed by atoms with E-state index in [0.29, 0.717) is 6.54 Å². The first-order valence-electron chi connectivity index (χ1n) is 6.85. The van der Waals surface area contributed by atoms with Gasteiger partial charge in [-0.05, 0) is 59.1 Å². The van der Waals surface area contributed by atoms with E-state index in [1.165, 1.54) is 22.4 Å². The van der Waals surface area contributed by atoms with E-state index in [-0.39, 0.29) is 0 Å². The van der Waals surface area contributed by atoms with E-state index in [0.717, 1.165) is 17.4 Å². The maximum atomic E-state index is 5.60. The van der Waals surface area contributed by atoms with Crippen molar-refractivity contribution < 1.29 is 0 Å². The van der Waals surface area contributed by atoms with Crippen LogP contribution in [-0.4, -0.2) is 13.6 Å². The van der Waals surface area contributed by atoms with Crippen LogP contribution >= 0.6 is 15.9 Å². The van der Waals surface area contributed by atoms with Crippen LogP contribution in [0.4, 0.5) is 5.69 Å². The van der Waals surface area contributed by atoms with Crippen molar-refractivity contribution in [2.75, 3.05) is 18.5 Å². The first-order valence-corrected chi connectivity index (χ1v) is 7.64. The summed E-state index contributed by atoms with van der Waals surface area (Å²) in [5.41, 5.74) is 10.7. The van der Waals surface area contributed by atoms with Crippen LogP contribution in [0.1, 0.15) is 16.7 Å². The molecule has 3 heteroatoms. The number of aryl methyl sites for hydroxylation is 1. The lowest BCUT2D eigenvalue weighted by atomic mass is 10.1. The van der Waals surface area contributed by atoms with Gasteiger partial charge < -0.3 is 10.6 Å². The number of nitrogens with two attached hydrogens (primary N) is 1. The number of nitrogens with zero attached hydrogens (tertiary/aromatic N) is 1. The third-order valence-electron chi connectivity index (χ3n) is 3.40. The number of benzene rings is 2. The minimum atomic E-state index is 0.686.